The predicted octanol–water partition coefficient (Wildman–Crippen LogP) is 2.59. The first-order valence-electron chi connectivity index (χ1n) is 5.96. The van der Waals surface area contributed by atoms with E-state index in [0.29, 0.717) is 0 Å². The molecule has 1 fully saturated rings. The molecule has 1 heterocycles. The first-order chi connectivity index (χ1) is 7.36. The van der Waals surface area contributed by atoms with E-state index < -0.39 is 0 Å². The molecule has 2 rings (SSSR count). The summed E-state index contributed by atoms with van der Waals surface area (Å²) in [6.45, 7) is 4.33. The quantitative estimate of drug-likeness (QED) is 0.826. The van der Waals surface area contributed by atoms with Crippen LogP contribution in [0, 0.1) is 11.8 Å². The van der Waals surface area contributed by atoms with Crippen molar-refractivity contribution < 1.29 is 4.52 Å². The highest BCUT2D eigenvalue weighted by Crippen LogP contribution is 2.28. The number of nitrogens with zero attached hydrogens (tertiary/aromatic N) is 1. The molecule has 1 aromatic heterocycles. The highest BCUT2D eigenvalue weighted by Gasteiger charge is 2.20. The lowest BCUT2D eigenvalue weighted by Gasteiger charge is -2.28. The van der Waals surface area contributed by atoms with Crippen molar-refractivity contribution in [2.45, 2.75) is 39.2 Å². The fourth-order valence-electron chi connectivity index (χ4n) is 2.41. The van der Waals surface area contributed by atoms with Crippen LogP contribution >= 0.6 is 0 Å². The van der Waals surface area contributed by atoms with Gasteiger partial charge in [0.1, 0.15) is 6.26 Å². The number of rotatable bonds is 4. The van der Waals surface area contributed by atoms with Gasteiger partial charge in [-0.3, -0.25) is 0 Å². The molecule has 0 bridgehead atoms. The van der Waals surface area contributed by atoms with E-state index in [2.05, 4.69) is 17.4 Å². The summed E-state index contributed by atoms with van der Waals surface area (Å²) in [7, 11) is 0. The second-order valence-corrected chi connectivity index (χ2v) is 4.64. The SMILES string of the molecule is CC1CCCCC1CNCc1ccon1. The first-order valence-corrected chi connectivity index (χ1v) is 5.96. The highest BCUT2D eigenvalue weighted by atomic mass is 16.5. The van der Waals surface area contributed by atoms with Crippen LogP contribution in [0.3, 0.4) is 0 Å². The van der Waals surface area contributed by atoms with Crippen LogP contribution < -0.4 is 5.32 Å². The Labute approximate surface area is 91.2 Å². The lowest BCUT2D eigenvalue weighted by molar-refractivity contribution is 0.247. The zero-order valence-electron chi connectivity index (χ0n) is 9.41. The summed E-state index contributed by atoms with van der Waals surface area (Å²) in [4.78, 5) is 0. The second kappa shape index (κ2) is 5.31. The molecule has 0 amide bonds. The minimum atomic E-state index is 0.833. The van der Waals surface area contributed by atoms with Crippen LogP contribution in [0.5, 0.6) is 0 Å². The molecule has 0 aromatic carbocycles. The van der Waals surface area contributed by atoms with Gasteiger partial charge in [0.2, 0.25) is 0 Å². The van der Waals surface area contributed by atoms with E-state index >= 15 is 0 Å². The van der Waals surface area contributed by atoms with E-state index in [4.69, 9.17) is 4.52 Å². The maximum atomic E-state index is 4.79. The van der Waals surface area contributed by atoms with Crippen LogP contribution in [0.2, 0.25) is 0 Å². The molecule has 3 heteroatoms. The molecule has 1 aliphatic carbocycles. The standard InChI is InChI=1S/C12H20N2O/c1-10-4-2-3-5-11(10)8-13-9-12-6-7-15-14-12/h6-7,10-11,13H,2-5,8-9H2,1H3. The monoisotopic (exact) mass is 208 g/mol. The van der Waals surface area contributed by atoms with Gasteiger partial charge in [0.15, 0.2) is 0 Å². The van der Waals surface area contributed by atoms with E-state index in [9.17, 15) is 0 Å². The van der Waals surface area contributed by atoms with Gasteiger partial charge in [-0.15, -0.1) is 0 Å². The Bertz CT molecular complexity index is 271. The number of hydrogen-bond acceptors (Lipinski definition) is 3. The van der Waals surface area contributed by atoms with Gasteiger partial charge in [-0.1, -0.05) is 31.3 Å². The molecule has 0 saturated heterocycles. The fourth-order valence-corrected chi connectivity index (χ4v) is 2.41. The number of hydrogen-bond donors (Lipinski definition) is 1. The third-order valence-electron chi connectivity index (χ3n) is 3.49. The summed E-state index contributed by atoms with van der Waals surface area (Å²) in [6.07, 6.45) is 7.23. The molecule has 0 spiro atoms. The van der Waals surface area contributed by atoms with Crippen LogP contribution in [0.4, 0.5) is 0 Å². The lowest BCUT2D eigenvalue weighted by Crippen LogP contribution is -2.29. The normalized spacial score (nSPS) is 26.7. The smallest absolute Gasteiger partial charge is 0.124 e. The van der Waals surface area contributed by atoms with Crippen molar-refractivity contribution in [3.8, 4) is 0 Å². The van der Waals surface area contributed by atoms with Crippen molar-refractivity contribution in [3.05, 3.63) is 18.0 Å². The van der Waals surface area contributed by atoms with Gasteiger partial charge < -0.3 is 9.84 Å². The molecule has 1 aromatic rings. The van der Waals surface area contributed by atoms with Gasteiger partial charge in [0.25, 0.3) is 0 Å². The van der Waals surface area contributed by atoms with Crippen molar-refractivity contribution in [3.63, 3.8) is 0 Å². The van der Waals surface area contributed by atoms with Gasteiger partial charge in [0, 0.05) is 12.6 Å². The molecule has 1 saturated carbocycles. The van der Waals surface area contributed by atoms with Gasteiger partial charge in [-0.05, 0) is 24.8 Å². The van der Waals surface area contributed by atoms with Crippen LogP contribution in [0.1, 0.15) is 38.3 Å². The summed E-state index contributed by atoms with van der Waals surface area (Å²) in [5.41, 5.74) is 0.999. The van der Waals surface area contributed by atoms with Crippen molar-refractivity contribution in [2.75, 3.05) is 6.54 Å². The summed E-state index contributed by atoms with van der Waals surface area (Å²) < 4.78 is 4.79. The Hall–Kier alpha value is -0.830. The van der Waals surface area contributed by atoms with Crippen molar-refractivity contribution in [2.24, 2.45) is 11.8 Å². The first kappa shape index (κ1) is 10.7. The fraction of sp³-hybridized carbons (Fsp3) is 0.750. The van der Waals surface area contributed by atoms with E-state index in [0.717, 1.165) is 30.6 Å². The van der Waals surface area contributed by atoms with Gasteiger partial charge in [-0.25, -0.2) is 0 Å². The van der Waals surface area contributed by atoms with Crippen molar-refractivity contribution in [1.82, 2.24) is 10.5 Å². The summed E-state index contributed by atoms with van der Waals surface area (Å²) in [5.74, 6) is 1.73. The molecule has 2 unspecified atom stereocenters. The molecule has 3 nitrogen and oxygen atoms in total. The average Bonchev–Trinajstić information content (AvgIpc) is 2.74. The Morgan fingerprint density at radius 3 is 3.07 bits per heavy atom. The summed E-state index contributed by atoms with van der Waals surface area (Å²) in [5, 5.41) is 7.35. The molecule has 1 aliphatic rings. The molecule has 84 valence electrons. The third kappa shape index (κ3) is 3.06. The third-order valence-corrected chi connectivity index (χ3v) is 3.49. The summed E-state index contributed by atoms with van der Waals surface area (Å²) >= 11 is 0. The zero-order valence-corrected chi connectivity index (χ0v) is 9.41. The van der Waals surface area contributed by atoms with Gasteiger partial charge in [0.05, 0.1) is 5.69 Å². The van der Waals surface area contributed by atoms with Crippen LogP contribution in [-0.2, 0) is 6.54 Å². The Morgan fingerprint density at radius 2 is 2.33 bits per heavy atom. The summed E-state index contributed by atoms with van der Waals surface area (Å²) in [6, 6.07) is 1.91. The molecule has 2 atom stereocenters. The minimum absolute atomic E-state index is 0.833. The van der Waals surface area contributed by atoms with E-state index in [-0.39, 0.29) is 0 Å². The van der Waals surface area contributed by atoms with E-state index in [1.54, 1.807) is 6.26 Å². The maximum Gasteiger partial charge on any atom is 0.124 e. The Balaban J connectivity index is 1.68. The highest BCUT2D eigenvalue weighted by molar-refractivity contribution is 4.94. The molecule has 1 N–H and O–H groups in total. The number of aromatic nitrogens is 1. The predicted molar refractivity (Wildman–Crippen MR) is 59.3 cm³/mol. The van der Waals surface area contributed by atoms with Crippen molar-refractivity contribution in [1.29, 1.82) is 0 Å². The van der Waals surface area contributed by atoms with Gasteiger partial charge >= 0.3 is 0 Å². The molecular weight excluding hydrogens is 188 g/mol. The van der Waals surface area contributed by atoms with Crippen LogP contribution in [0.15, 0.2) is 16.9 Å². The van der Waals surface area contributed by atoms with Crippen LogP contribution in [0.25, 0.3) is 0 Å². The van der Waals surface area contributed by atoms with E-state index in [1.807, 2.05) is 6.07 Å². The second-order valence-electron chi connectivity index (χ2n) is 4.64. The molecule has 0 radical (unpaired) electrons. The topological polar surface area (TPSA) is 38.1 Å². The Kier molecular flexibility index (Phi) is 3.78. The average molecular weight is 208 g/mol. The minimum Gasteiger partial charge on any atom is -0.364 e. The van der Waals surface area contributed by atoms with Gasteiger partial charge in [-0.2, -0.15) is 0 Å². The lowest BCUT2D eigenvalue weighted by atomic mass is 9.80. The zero-order chi connectivity index (χ0) is 10.5. The van der Waals surface area contributed by atoms with Crippen LogP contribution in [-0.4, -0.2) is 11.7 Å². The molecular formula is C12H20N2O. The molecule has 15 heavy (non-hydrogen) atoms. The Morgan fingerprint density at radius 1 is 1.47 bits per heavy atom. The largest absolute Gasteiger partial charge is 0.364 e. The van der Waals surface area contributed by atoms with E-state index in [1.165, 1.54) is 25.7 Å². The number of nitrogens with one attached hydrogen (secondary N) is 1. The van der Waals surface area contributed by atoms with Crippen molar-refractivity contribution >= 4 is 0 Å². The maximum absolute atomic E-state index is 4.79. The molecule has 0 aliphatic heterocycles.